The fourth-order valence-electron chi connectivity index (χ4n) is 3.17. The van der Waals surface area contributed by atoms with Gasteiger partial charge in [-0.15, -0.1) is 0 Å². The van der Waals surface area contributed by atoms with E-state index in [-0.39, 0.29) is 6.04 Å². The molecule has 2 N–H and O–H groups in total. The van der Waals surface area contributed by atoms with Gasteiger partial charge in [-0.1, -0.05) is 24.3 Å². The molecule has 0 saturated carbocycles. The van der Waals surface area contributed by atoms with Crippen molar-refractivity contribution < 1.29 is 4.74 Å². The first-order valence-corrected chi connectivity index (χ1v) is 7.02. The van der Waals surface area contributed by atoms with Crippen molar-refractivity contribution in [1.82, 2.24) is 0 Å². The van der Waals surface area contributed by atoms with Gasteiger partial charge in [0.1, 0.15) is 5.76 Å². The van der Waals surface area contributed by atoms with Gasteiger partial charge < -0.3 is 10.5 Å². The van der Waals surface area contributed by atoms with E-state index in [9.17, 15) is 0 Å². The number of rotatable bonds is 2. The fourth-order valence-corrected chi connectivity index (χ4v) is 3.17. The lowest BCUT2D eigenvalue weighted by Crippen LogP contribution is -2.34. The maximum Gasteiger partial charge on any atom is 0.109 e. The molecule has 0 amide bonds. The standard InChI is InChI=1S/C16H21NO/c17-16(15-10-3-4-11-18-15)14-9-5-7-12-6-1-2-8-13(12)14/h1-2,6,8,10,14,16H,3-5,7,9,11,17H2. The van der Waals surface area contributed by atoms with Crippen molar-refractivity contribution in [3.8, 4) is 0 Å². The summed E-state index contributed by atoms with van der Waals surface area (Å²) in [6.07, 6.45) is 8.03. The summed E-state index contributed by atoms with van der Waals surface area (Å²) in [5.41, 5.74) is 9.35. The molecule has 2 unspecified atom stereocenters. The van der Waals surface area contributed by atoms with Crippen LogP contribution in [0.15, 0.2) is 36.1 Å². The van der Waals surface area contributed by atoms with Gasteiger partial charge in [-0.25, -0.2) is 0 Å². The monoisotopic (exact) mass is 243 g/mol. The molecule has 0 bridgehead atoms. The molecule has 0 radical (unpaired) electrons. The molecule has 1 heterocycles. The molecule has 1 aromatic rings. The van der Waals surface area contributed by atoms with Gasteiger partial charge in [0.05, 0.1) is 12.6 Å². The van der Waals surface area contributed by atoms with E-state index in [0.717, 1.165) is 25.2 Å². The normalized spacial score (nSPS) is 24.7. The number of hydrogen-bond acceptors (Lipinski definition) is 2. The molecule has 0 saturated heterocycles. The van der Waals surface area contributed by atoms with Crippen LogP contribution in [0.25, 0.3) is 0 Å². The number of ether oxygens (including phenoxy) is 1. The molecule has 0 fully saturated rings. The van der Waals surface area contributed by atoms with Gasteiger partial charge in [0.15, 0.2) is 0 Å². The predicted octanol–water partition coefficient (Wildman–Crippen LogP) is 3.13. The molecule has 1 aliphatic heterocycles. The topological polar surface area (TPSA) is 35.2 Å². The molecule has 1 aliphatic carbocycles. The Kier molecular flexibility index (Phi) is 3.37. The summed E-state index contributed by atoms with van der Waals surface area (Å²) in [6, 6.07) is 8.77. The zero-order valence-corrected chi connectivity index (χ0v) is 10.8. The van der Waals surface area contributed by atoms with Crippen molar-refractivity contribution >= 4 is 0 Å². The second-order valence-corrected chi connectivity index (χ2v) is 5.32. The predicted molar refractivity (Wildman–Crippen MR) is 73.4 cm³/mol. The number of aryl methyl sites for hydroxylation is 1. The van der Waals surface area contributed by atoms with E-state index in [1.165, 1.54) is 30.4 Å². The summed E-state index contributed by atoms with van der Waals surface area (Å²) in [5, 5.41) is 0. The second kappa shape index (κ2) is 5.15. The highest BCUT2D eigenvalue weighted by Crippen LogP contribution is 2.36. The second-order valence-electron chi connectivity index (χ2n) is 5.32. The van der Waals surface area contributed by atoms with Crippen molar-refractivity contribution in [2.24, 2.45) is 5.73 Å². The highest BCUT2D eigenvalue weighted by molar-refractivity contribution is 5.35. The van der Waals surface area contributed by atoms with Gasteiger partial charge in [0.2, 0.25) is 0 Å². The van der Waals surface area contributed by atoms with Gasteiger partial charge in [0, 0.05) is 5.92 Å². The third-order valence-corrected chi connectivity index (χ3v) is 4.14. The van der Waals surface area contributed by atoms with Crippen molar-refractivity contribution in [1.29, 1.82) is 0 Å². The van der Waals surface area contributed by atoms with Gasteiger partial charge in [0.25, 0.3) is 0 Å². The van der Waals surface area contributed by atoms with Crippen LogP contribution >= 0.6 is 0 Å². The Labute approximate surface area is 109 Å². The van der Waals surface area contributed by atoms with Crippen LogP contribution in [0.1, 0.15) is 42.7 Å². The third kappa shape index (κ3) is 2.17. The smallest absolute Gasteiger partial charge is 0.109 e. The number of fused-ring (bicyclic) bond motifs is 1. The van der Waals surface area contributed by atoms with Crippen LogP contribution in [0.3, 0.4) is 0 Å². The molecule has 1 aromatic carbocycles. The molecule has 96 valence electrons. The Morgan fingerprint density at radius 1 is 1.22 bits per heavy atom. The minimum Gasteiger partial charge on any atom is -0.497 e. The van der Waals surface area contributed by atoms with Crippen LogP contribution in [0.4, 0.5) is 0 Å². The molecule has 2 atom stereocenters. The number of hydrogen-bond donors (Lipinski definition) is 1. The summed E-state index contributed by atoms with van der Waals surface area (Å²) in [6.45, 7) is 0.827. The zero-order chi connectivity index (χ0) is 12.4. The van der Waals surface area contributed by atoms with E-state index in [2.05, 4.69) is 30.3 Å². The van der Waals surface area contributed by atoms with Crippen LogP contribution in [-0.4, -0.2) is 12.6 Å². The van der Waals surface area contributed by atoms with Gasteiger partial charge in [-0.3, -0.25) is 0 Å². The highest BCUT2D eigenvalue weighted by Gasteiger charge is 2.28. The van der Waals surface area contributed by atoms with E-state index in [1.54, 1.807) is 0 Å². The lowest BCUT2D eigenvalue weighted by Gasteiger charge is -2.32. The summed E-state index contributed by atoms with van der Waals surface area (Å²) < 4.78 is 5.74. The molecule has 2 nitrogen and oxygen atoms in total. The minimum atomic E-state index is 0.0340. The van der Waals surface area contributed by atoms with E-state index in [4.69, 9.17) is 10.5 Å². The molecular weight excluding hydrogens is 222 g/mol. The Balaban J connectivity index is 1.86. The van der Waals surface area contributed by atoms with Gasteiger partial charge >= 0.3 is 0 Å². The van der Waals surface area contributed by atoms with Crippen LogP contribution in [0.5, 0.6) is 0 Å². The third-order valence-electron chi connectivity index (χ3n) is 4.14. The SMILES string of the molecule is NC(C1=CCCCO1)C1CCCc2ccccc21. The zero-order valence-electron chi connectivity index (χ0n) is 10.8. The minimum absolute atomic E-state index is 0.0340. The lowest BCUT2D eigenvalue weighted by atomic mass is 9.78. The van der Waals surface area contributed by atoms with Crippen LogP contribution in [-0.2, 0) is 11.2 Å². The largest absolute Gasteiger partial charge is 0.497 e. The highest BCUT2D eigenvalue weighted by atomic mass is 16.5. The molecular formula is C16H21NO. The van der Waals surface area contributed by atoms with Gasteiger partial charge in [-0.2, -0.15) is 0 Å². The quantitative estimate of drug-likeness (QED) is 0.866. The maximum absolute atomic E-state index is 6.44. The van der Waals surface area contributed by atoms with Crippen LogP contribution in [0, 0.1) is 0 Å². The summed E-state index contributed by atoms with van der Waals surface area (Å²) >= 11 is 0. The van der Waals surface area contributed by atoms with Crippen molar-refractivity contribution in [2.45, 2.75) is 44.1 Å². The van der Waals surface area contributed by atoms with Crippen molar-refractivity contribution in [3.05, 3.63) is 47.2 Å². The summed E-state index contributed by atoms with van der Waals surface area (Å²) in [5.74, 6) is 1.45. The molecule has 2 aliphatic rings. The first-order chi connectivity index (χ1) is 8.86. The summed E-state index contributed by atoms with van der Waals surface area (Å²) in [4.78, 5) is 0. The Bertz CT molecular complexity index is 452. The molecule has 18 heavy (non-hydrogen) atoms. The molecule has 2 heteroatoms. The number of allylic oxidation sites excluding steroid dienone is 1. The van der Waals surface area contributed by atoms with Gasteiger partial charge in [-0.05, 0) is 49.3 Å². The lowest BCUT2D eigenvalue weighted by molar-refractivity contribution is 0.167. The van der Waals surface area contributed by atoms with E-state index in [0.29, 0.717) is 5.92 Å². The molecule has 3 rings (SSSR count). The van der Waals surface area contributed by atoms with Crippen molar-refractivity contribution in [3.63, 3.8) is 0 Å². The maximum atomic E-state index is 6.44. The molecule has 0 aromatic heterocycles. The Morgan fingerprint density at radius 2 is 2.11 bits per heavy atom. The average molecular weight is 243 g/mol. The fraction of sp³-hybridized carbons (Fsp3) is 0.500. The van der Waals surface area contributed by atoms with Crippen LogP contribution in [0.2, 0.25) is 0 Å². The summed E-state index contributed by atoms with van der Waals surface area (Å²) in [7, 11) is 0. The first-order valence-electron chi connectivity index (χ1n) is 7.02. The van der Waals surface area contributed by atoms with E-state index < -0.39 is 0 Å². The van der Waals surface area contributed by atoms with E-state index in [1.807, 2.05) is 0 Å². The molecule has 0 spiro atoms. The van der Waals surface area contributed by atoms with Crippen LogP contribution < -0.4 is 5.73 Å². The Morgan fingerprint density at radius 3 is 2.94 bits per heavy atom. The van der Waals surface area contributed by atoms with E-state index >= 15 is 0 Å². The first kappa shape index (κ1) is 11.8. The Hall–Kier alpha value is -1.28. The number of nitrogens with two attached hydrogens (primary N) is 1. The average Bonchev–Trinajstić information content (AvgIpc) is 2.47. The number of benzene rings is 1. The van der Waals surface area contributed by atoms with Crippen molar-refractivity contribution in [2.75, 3.05) is 6.61 Å².